The quantitative estimate of drug-likeness (QED) is 0.498. The fourth-order valence-electron chi connectivity index (χ4n) is 3.50. The molecule has 0 aliphatic carbocycles. The average molecular weight is 464 g/mol. The first-order chi connectivity index (χ1) is 14.5. The molecule has 1 amide bonds. The number of aryl methyl sites for hydroxylation is 1. The minimum Gasteiger partial charge on any atom is -0.379 e. The number of halogens is 2. The van der Waals surface area contributed by atoms with Crippen LogP contribution in [-0.4, -0.2) is 55.2 Å². The lowest BCUT2D eigenvalue weighted by atomic mass is 10.2. The van der Waals surface area contributed by atoms with Crippen molar-refractivity contribution in [1.82, 2.24) is 9.88 Å². The summed E-state index contributed by atoms with van der Waals surface area (Å²) >= 11 is 13.9. The number of morpholine rings is 1. The molecule has 0 saturated carbocycles. The molecule has 5 nitrogen and oxygen atoms in total. The molecule has 0 unspecified atom stereocenters. The molecule has 0 N–H and O–H groups in total. The molecule has 0 spiro atoms. The Morgan fingerprint density at radius 3 is 2.77 bits per heavy atom. The Morgan fingerprint density at radius 1 is 1.20 bits per heavy atom. The van der Waals surface area contributed by atoms with Crippen LogP contribution in [0.4, 0.5) is 5.13 Å². The van der Waals surface area contributed by atoms with Gasteiger partial charge in [-0.05, 0) is 49.2 Å². The van der Waals surface area contributed by atoms with Crippen LogP contribution in [-0.2, 0) is 4.74 Å². The molecule has 0 bridgehead atoms. The molecule has 1 aromatic heterocycles. The van der Waals surface area contributed by atoms with Crippen LogP contribution in [0.25, 0.3) is 10.2 Å². The minimum absolute atomic E-state index is 0.158. The van der Waals surface area contributed by atoms with Gasteiger partial charge in [-0.3, -0.25) is 14.6 Å². The highest BCUT2D eigenvalue weighted by Gasteiger charge is 2.23. The monoisotopic (exact) mass is 463 g/mol. The van der Waals surface area contributed by atoms with Crippen molar-refractivity contribution in [2.75, 3.05) is 44.3 Å². The third-order valence-electron chi connectivity index (χ3n) is 5.13. The Morgan fingerprint density at radius 2 is 2.00 bits per heavy atom. The van der Waals surface area contributed by atoms with Gasteiger partial charge in [0, 0.05) is 31.2 Å². The summed E-state index contributed by atoms with van der Waals surface area (Å²) in [4.78, 5) is 22.3. The molecule has 30 heavy (non-hydrogen) atoms. The highest BCUT2D eigenvalue weighted by atomic mass is 35.5. The Hall–Kier alpha value is -1.70. The number of aromatic nitrogens is 1. The zero-order valence-electron chi connectivity index (χ0n) is 16.7. The maximum Gasteiger partial charge on any atom is 0.261 e. The molecule has 1 aliphatic rings. The lowest BCUT2D eigenvalue weighted by Crippen LogP contribution is -2.39. The number of hydrogen-bond acceptors (Lipinski definition) is 5. The number of carbonyl (C=O) groups is 1. The van der Waals surface area contributed by atoms with Crippen LogP contribution in [0.3, 0.4) is 0 Å². The highest BCUT2D eigenvalue weighted by Crippen LogP contribution is 2.32. The predicted octanol–water partition coefficient (Wildman–Crippen LogP) is 5.28. The summed E-state index contributed by atoms with van der Waals surface area (Å²) in [6, 6.07) is 11.1. The summed E-state index contributed by atoms with van der Waals surface area (Å²) in [6.07, 6.45) is 0.839. The number of amides is 1. The smallest absolute Gasteiger partial charge is 0.261 e. The van der Waals surface area contributed by atoms with Gasteiger partial charge in [0.15, 0.2) is 5.13 Å². The van der Waals surface area contributed by atoms with Crippen LogP contribution in [0.2, 0.25) is 10.0 Å². The molecule has 2 heterocycles. The highest BCUT2D eigenvalue weighted by molar-refractivity contribution is 7.22. The fourth-order valence-corrected chi connectivity index (χ4v) is 5.08. The van der Waals surface area contributed by atoms with Crippen LogP contribution in [0.5, 0.6) is 0 Å². The van der Waals surface area contributed by atoms with E-state index in [1.807, 2.05) is 12.1 Å². The van der Waals surface area contributed by atoms with E-state index in [0.717, 1.165) is 49.5 Å². The molecule has 8 heteroatoms. The number of anilines is 1. The summed E-state index contributed by atoms with van der Waals surface area (Å²) in [5, 5.41) is 1.54. The number of thiazole rings is 1. The average Bonchev–Trinajstić information content (AvgIpc) is 3.14. The fraction of sp³-hybridized carbons (Fsp3) is 0.364. The molecule has 1 saturated heterocycles. The summed E-state index contributed by atoms with van der Waals surface area (Å²) in [6.45, 7) is 6.91. The van der Waals surface area contributed by atoms with Crippen molar-refractivity contribution in [1.29, 1.82) is 0 Å². The van der Waals surface area contributed by atoms with Crippen molar-refractivity contribution in [3.63, 3.8) is 0 Å². The van der Waals surface area contributed by atoms with Gasteiger partial charge < -0.3 is 4.74 Å². The van der Waals surface area contributed by atoms with Gasteiger partial charge in [-0.2, -0.15) is 0 Å². The summed E-state index contributed by atoms with van der Waals surface area (Å²) in [5.74, 6) is -0.158. The van der Waals surface area contributed by atoms with E-state index in [-0.39, 0.29) is 5.91 Å². The number of fused-ring (bicyclic) bond motifs is 1. The maximum absolute atomic E-state index is 13.4. The van der Waals surface area contributed by atoms with Gasteiger partial charge in [0.2, 0.25) is 0 Å². The van der Waals surface area contributed by atoms with E-state index in [2.05, 4.69) is 17.9 Å². The van der Waals surface area contributed by atoms with Crippen molar-refractivity contribution >= 4 is 55.8 Å². The van der Waals surface area contributed by atoms with Crippen LogP contribution in [0, 0.1) is 6.92 Å². The summed E-state index contributed by atoms with van der Waals surface area (Å²) in [5.41, 5.74) is 2.50. The van der Waals surface area contributed by atoms with E-state index in [1.165, 1.54) is 16.9 Å². The van der Waals surface area contributed by atoms with E-state index in [9.17, 15) is 4.79 Å². The first-order valence-corrected chi connectivity index (χ1v) is 11.5. The number of benzene rings is 2. The number of nitrogens with zero attached hydrogens (tertiary/aromatic N) is 3. The van der Waals surface area contributed by atoms with Gasteiger partial charge in [-0.1, -0.05) is 40.6 Å². The third-order valence-corrected chi connectivity index (χ3v) is 6.72. The Labute approximate surface area is 190 Å². The molecule has 1 fully saturated rings. The molecule has 4 rings (SSSR count). The number of rotatable bonds is 6. The van der Waals surface area contributed by atoms with Crippen LogP contribution in [0.1, 0.15) is 22.3 Å². The zero-order chi connectivity index (χ0) is 21.1. The van der Waals surface area contributed by atoms with E-state index in [1.54, 1.807) is 23.1 Å². The lowest BCUT2D eigenvalue weighted by Gasteiger charge is -2.27. The van der Waals surface area contributed by atoms with Gasteiger partial charge in [0.25, 0.3) is 5.91 Å². The first kappa shape index (κ1) is 21.5. The minimum atomic E-state index is -0.158. The number of hydrogen-bond donors (Lipinski definition) is 0. The van der Waals surface area contributed by atoms with Gasteiger partial charge in [0.1, 0.15) is 0 Å². The summed E-state index contributed by atoms with van der Waals surface area (Å²) < 4.78 is 6.49. The van der Waals surface area contributed by atoms with Crippen LogP contribution in [0.15, 0.2) is 36.4 Å². The van der Waals surface area contributed by atoms with Crippen LogP contribution < -0.4 is 4.90 Å². The Bertz CT molecular complexity index is 1050. The third kappa shape index (κ3) is 4.95. The number of carbonyl (C=O) groups excluding carboxylic acids is 1. The van der Waals surface area contributed by atoms with Crippen molar-refractivity contribution in [3.05, 3.63) is 57.6 Å². The van der Waals surface area contributed by atoms with Gasteiger partial charge in [0.05, 0.1) is 34.0 Å². The van der Waals surface area contributed by atoms with Crippen molar-refractivity contribution < 1.29 is 9.53 Å². The van der Waals surface area contributed by atoms with E-state index >= 15 is 0 Å². The molecule has 0 radical (unpaired) electrons. The molecule has 1 aliphatic heterocycles. The van der Waals surface area contributed by atoms with Gasteiger partial charge in [-0.15, -0.1) is 0 Å². The standard InChI is InChI=1S/C22H23Cl2N3O2S/c1-15-3-6-19-20(13-15)30-22(25-19)27(8-2-7-26-9-11-29-12-10-26)21(28)17-5-4-16(23)14-18(17)24/h3-6,13-14H,2,7-12H2,1H3. The van der Waals surface area contributed by atoms with Crippen LogP contribution >= 0.6 is 34.5 Å². The largest absolute Gasteiger partial charge is 0.379 e. The number of ether oxygens (including phenoxy) is 1. The van der Waals surface area contributed by atoms with E-state index < -0.39 is 0 Å². The van der Waals surface area contributed by atoms with Crippen molar-refractivity contribution in [3.8, 4) is 0 Å². The molecule has 0 atom stereocenters. The second-order valence-electron chi connectivity index (χ2n) is 7.36. The first-order valence-electron chi connectivity index (χ1n) is 9.95. The molecular formula is C22H23Cl2N3O2S. The molecule has 158 valence electrons. The van der Waals surface area contributed by atoms with E-state index in [4.69, 9.17) is 32.9 Å². The lowest BCUT2D eigenvalue weighted by molar-refractivity contribution is 0.0376. The predicted molar refractivity (Wildman–Crippen MR) is 124 cm³/mol. The SMILES string of the molecule is Cc1ccc2nc(N(CCCN3CCOCC3)C(=O)c3ccc(Cl)cc3Cl)sc2c1. The topological polar surface area (TPSA) is 45.7 Å². The normalized spacial score (nSPS) is 14.9. The molecule has 2 aromatic carbocycles. The second-order valence-corrected chi connectivity index (χ2v) is 9.21. The van der Waals surface area contributed by atoms with Crippen molar-refractivity contribution in [2.24, 2.45) is 0 Å². The van der Waals surface area contributed by atoms with Gasteiger partial charge in [-0.25, -0.2) is 4.98 Å². The maximum atomic E-state index is 13.4. The van der Waals surface area contributed by atoms with E-state index in [0.29, 0.717) is 27.3 Å². The Kier molecular flexibility index (Phi) is 6.91. The molecule has 3 aromatic rings. The summed E-state index contributed by atoms with van der Waals surface area (Å²) in [7, 11) is 0. The zero-order valence-corrected chi connectivity index (χ0v) is 19.1. The molecular weight excluding hydrogens is 441 g/mol. The van der Waals surface area contributed by atoms with Gasteiger partial charge >= 0.3 is 0 Å². The Balaban J connectivity index is 1.59. The van der Waals surface area contributed by atoms with Crippen molar-refractivity contribution in [2.45, 2.75) is 13.3 Å². The second kappa shape index (κ2) is 9.62.